The molecule has 1 heterocycles. The Balaban J connectivity index is 1.96. The lowest BCUT2D eigenvalue weighted by molar-refractivity contribution is -0.0608. The van der Waals surface area contributed by atoms with E-state index in [0.29, 0.717) is 24.5 Å². The van der Waals surface area contributed by atoms with E-state index in [9.17, 15) is 30.4 Å². The molecule has 0 saturated carbocycles. The van der Waals surface area contributed by atoms with Gasteiger partial charge in [0, 0.05) is 36.5 Å². The molecular weight excluding hydrogens is 401 g/mol. The van der Waals surface area contributed by atoms with E-state index in [1.807, 2.05) is 0 Å². The van der Waals surface area contributed by atoms with Crippen LogP contribution in [0.15, 0.2) is 29.2 Å². The van der Waals surface area contributed by atoms with Crippen LogP contribution in [-0.4, -0.2) is 27.1 Å². The maximum absolute atomic E-state index is 14.5. The molecule has 28 heavy (non-hydrogen) atoms. The number of fused-ring (bicyclic) bond motifs is 2. The summed E-state index contributed by atoms with van der Waals surface area (Å²) in [5, 5.41) is 0. The minimum atomic E-state index is -3.95. The number of hydrogen-bond acceptors (Lipinski definition) is 3. The Morgan fingerprint density at radius 2 is 1.89 bits per heavy atom. The summed E-state index contributed by atoms with van der Waals surface area (Å²) in [5.74, 6) is -5.36. The fourth-order valence-electron chi connectivity index (χ4n) is 4.10. The van der Waals surface area contributed by atoms with Crippen molar-refractivity contribution in [2.24, 2.45) is 0 Å². The van der Waals surface area contributed by atoms with Crippen LogP contribution < -0.4 is 4.90 Å². The molecule has 0 amide bonds. The van der Waals surface area contributed by atoms with Crippen molar-refractivity contribution in [2.45, 2.75) is 36.3 Å². The van der Waals surface area contributed by atoms with E-state index in [-0.39, 0.29) is 23.5 Å². The largest absolute Gasteiger partial charge is 0.339 e. The van der Waals surface area contributed by atoms with Crippen molar-refractivity contribution < 1.29 is 30.4 Å². The molecule has 0 spiro atoms. The number of sulfone groups is 1. The zero-order valence-corrected chi connectivity index (χ0v) is 15.6. The van der Waals surface area contributed by atoms with Gasteiger partial charge in [-0.25, -0.2) is 30.4 Å². The predicted octanol–water partition coefficient (Wildman–Crippen LogP) is 4.65. The quantitative estimate of drug-likeness (QED) is 0.668. The maximum Gasteiger partial charge on any atom is 0.286 e. The van der Waals surface area contributed by atoms with E-state index < -0.39 is 50.4 Å². The highest BCUT2D eigenvalue weighted by molar-refractivity contribution is 7.90. The first-order valence-corrected chi connectivity index (χ1v) is 10.5. The summed E-state index contributed by atoms with van der Waals surface area (Å²) in [7, 11) is -3.95. The third-order valence-electron chi connectivity index (χ3n) is 5.22. The summed E-state index contributed by atoms with van der Waals surface area (Å²) >= 11 is 0. The van der Waals surface area contributed by atoms with Gasteiger partial charge in [-0.2, -0.15) is 0 Å². The molecule has 0 bridgehead atoms. The summed E-state index contributed by atoms with van der Waals surface area (Å²) in [6.45, 7) is 0.253. The molecule has 0 saturated heterocycles. The standard InChI is InChI=1S/C19H16F5NO2S/c1-28(26,27)15-5-4-14(12-9-19(23,24)18(22)16(12)15)25-6-2-3-10-7-11(20)8-13(21)17(10)25/h4-5,7-8,18H,2-3,6,9H2,1H3. The van der Waals surface area contributed by atoms with Crippen molar-refractivity contribution in [3.8, 4) is 0 Å². The second-order valence-corrected chi connectivity index (χ2v) is 9.18. The lowest BCUT2D eigenvalue weighted by atomic mass is 9.98. The first kappa shape index (κ1) is 19.2. The van der Waals surface area contributed by atoms with Gasteiger partial charge in [0.05, 0.1) is 10.6 Å². The van der Waals surface area contributed by atoms with E-state index in [0.717, 1.165) is 12.3 Å². The molecule has 1 aliphatic heterocycles. The topological polar surface area (TPSA) is 37.4 Å². The first-order chi connectivity index (χ1) is 13.0. The molecule has 1 atom stereocenters. The smallest absolute Gasteiger partial charge is 0.286 e. The van der Waals surface area contributed by atoms with Crippen LogP contribution in [0.3, 0.4) is 0 Å². The van der Waals surface area contributed by atoms with Crippen molar-refractivity contribution in [1.29, 1.82) is 0 Å². The highest BCUT2D eigenvalue weighted by Crippen LogP contribution is 2.52. The molecule has 0 aromatic heterocycles. The van der Waals surface area contributed by atoms with Gasteiger partial charge in [0.25, 0.3) is 5.92 Å². The van der Waals surface area contributed by atoms with Gasteiger partial charge < -0.3 is 4.90 Å². The van der Waals surface area contributed by atoms with E-state index in [2.05, 4.69) is 0 Å². The number of nitrogens with zero attached hydrogens (tertiary/aromatic N) is 1. The summed E-state index contributed by atoms with van der Waals surface area (Å²) in [4.78, 5) is 0.917. The van der Waals surface area contributed by atoms with Gasteiger partial charge in [0.1, 0.15) is 11.6 Å². The molecule has 2 aromatic rings. The zero-order chi connectivity index (χ0) is 20.4. The second-order valence-electron chi connectivity index (χ2n) is 7.20. The number of benzene rings is 2. The minimum Gasteiger partial charge on any atom is -0.339 e. The number of alkyl halides is 3. The first-order valence-electron chi connectivity index (χ1n) is 8.64. The average molecular weight is 417 g/mol. The Morgan fingerprint density at radius 1 is 1.18 bits per heavy atom. The normalized spacial score (nSPS) is 20.8. The van der Waals surface area contributed by atoms with Gasteiger partial charge in [-0.1, -0.05) is 0 Å². The van der Waals surface area contributed by atoms with Gasteiger partial charge in [-0.05, 0) is 42.2 Å². The van der Waals surface area contributed by atoms with Crippen LogP contribution in [0.1, 0.15) is 29.3 Å². The van der Waals surface area contributed by atoms with E-state index in [1.165, 1.54) is 17.0 Å². The number of rotatable bonds is 2. The fourth-order valence-corrected chi connectivity index (χ4v) is 5.04. The molecule has 1 unspecified atom stereocenters. The Labute approximate surface area is 158 Å². The molecule has 150 valence electrons. The highest BCUT2D eigenvalue weighted by atomic mass is 32.2. The van der Waals surface area contributed by atoms with Crippen LogP contribution in [-0.2, 0) is 22.7 Å². The number of hydrogen-bond donors (Lipinski definition) is 0. The zero-order valence-electron chi connectivity index (χ0n) is 14.8. The average Bonchev–Trinajstić information content (AvgIpc) is 2.82. The summed E-state index contributed by atoms with van der Waals surface area (Å²) in [6, 6.07) is 4.26. The molecule has 0 N–H and O–H groups in total. The fraction of sp³-hybridized carbons (Fsp3) is 0.368. The molecule has 2 aliphatic rings. The summed E-state index contributed by atoms with van der Waals surface area (Å²) in [5.41, 5.74) is -0.177. The van der Waals surface area contributed by atoms with Crippen LogP contribution in [0, 0.1) is 11.6 Å². The van der Waals surface area contributed by atoms with Gasteiger partial charge in [0.15, 0.2) is 16.0 Å². The molecule has 1 aliphatic carbocycles. The Bertz CT molecular complexity index is 1080. The third-order valence-corrected chi connectivity index (χ3v) is 6.38. The van der Waals surface area contributed by atoms with Gasteiger partial charge in [-0.15, -0.1) is 0 Å². The molecule has 0 radical (unpaired) electrons. The molecule has 3 nitrogen and oxygen atoms in total. The minimum absolute atomic E-state index is 0.0487. The van der Waals surface area contributed by atoms with Gasteiger partial charge >= 0.3 is 0 Å². The highest BCUT2D eigenvalue weighted by Gasteiger charge is 2.52. The molecule has 0 fully saturated rings. The van der Waals surface area contributed by atoms with Gasteiger partial charge in [0.2, 0.25) is 0 Å². The van der Waals surface area contributed by atoms with Crippen molar-refractivity contribution >= 4 is 21.2 Å². The molecular formula is C19H16F5NO2S. The van der Waals surface area contributed by atoms with Crippen LogP contribution in [0.2, 0.25) is 0 Å². The van der Waals surface area contributed by atoms with Crippen LogP contribution >= 0.6 is 0 Å². The Morgan fingerprint density at radius 3 is 2.57 bits per heavy atom. The van der Waals surface area contributed by atoms with Crippen molar-refractivity contribution in [1.82, 2.24) is 0 Å². The number of aryl methyl sites for hydroxylation is 1. The van der Waals surface area contributed by atoms with Crippen molar-refractivity contribution in [3.63, 3.8) is 0 Å². The van der Waals surface area contributed by atoms with E-state index in [4.69, 9.17) is 0 Å². The van der Waals surface area contributed by atoms with E-state index in [1.54, 1.807) is 0 Å². The lowest BCUT2D eigenvalue weighted by Crippen LogP contribution is -2.27. The van der Waals surface area contributed by atoms with E-state index >= 15 is 0 Å². The summed E-state index contributed by atoms with van der Waals surface area (Å²) < 4.78 is 94.9. The molecule has 2 aromatic carbocycles. The molecule has 9 heteroatoms. The lowest BCUT2D eigenvalue weighted by Gasteiger charge is -2.33. The monoisotopic (exact) mass is 417 g/mol. The second kappa shape index (κ2) is 6.17. The van der Waals surface area contributed by atoms with Crippen molar-refractivity contribution in [3.05, 3.63) is 52.6 Å². The number of anilines is 2. The van der Waals surface area contributed by atoms with Crippen LogP contribution in [0.25, 0.3) is 0 Å². The van der Waals surface area contributed by atoms with Crippen molar-refractivity contribution in [2.75, 3.05) is 17.7 Å². The van der Waals surface area contributed by atoms with Crippen LogP contribution in [0.5, 0.6) is 0 Å². The summed E-state index contributed by atoms with van der Waals surface area (Å²) in [6.07, 6.45) is -2.02. The SMILES string of the molecule is CS(=O)(=O)c1ccc(N2CCCc3cc(F)cc(F)c32)c2c1C(F)C(F)(F)C2. The third kappa shape index (κ3) is 2.87. The van der Waals surface area contributed by atoms with Gasteiger partial charge in [-0.3, -0.25) is 0 Å². The molecule has 4 rings (SSSR count). The Kier molecular flexibility index (Phi) is 4.22. The van der Waals surface area contributed by atoms with Crippen LogP contribution in [0.4, 0.5) is 33.3 Å². The number of halogens is 5. The predicted molar refractivity (Wildman–Crippen MR) is 93.7 cm³/mol. The Hall–Kier alpha value is -2.16. The maximum atomic E-state index is 14.5.